The van der Waals surface area contributed by atoms with Crippen LogP contribution < -0.4 is 0 Å². The summed E-state index contributed by atoms with van der Waals surface area (Å²) >= 11 is 0. The van der Waals surface area contributed by atoms with Crippen molar-refractivity contribution in [1.29, 1.82) is 0 Å². The Bertz CT molecular complexity index is 1090. The normalized spacial score (nSPS) is 27.4. The molecule has 0 N–H and O–H groups in total. The maximum atomic E-state index is 12.9. The molecule has 1 aromatic rings. The van der Waals surface area contributed by atoms with E-state index in [1.165, 1.54) is 33.1 Å². The van der Waals surface area contributed by atoms with Gasteiger partial charge in [-0.05, 0) is 26.0 Å². The molecule has 3 heterocycles. The molecule has 0 aliphatic carbocycles. The number of hydrogen-bond donors (Lipinski definition) is 0. The number of methoxy groups -OCH3 is 1. The first kappa shape index (κ1) is 25.0. The molecule has 2 aliphatic heterocycles. The molecule has 2 aliphatic rings. The Kier molecular flexibility index (Phi) is 7.14. The van der Waals surface area contributed by atoms with E-state index < -0.39 is 54.0 Å². The maximum absolute atomic E-state index is 12.9. The number of carbonyl (C=O) groups is 4. The van der Waals surface area contributed by atoms with Gasteiger partial charge in [0, 0.05) is 26.2 Å². The van der Waals surface area contributed by atoms with Crippen molar-refractivity contribution < 1.29 is 42.5 Å². The minimum Gasteiger partial charge on any atom is -0.465 e. The molecule has 1 aromatic heterocycles. The van der Waals surface area contributed by atoms with Gasteiger partial charge in [0.15, 0.2) is 12.2 Å². The first-order valence-corrected chi connectivity index (χ1v) is 10.7. The molecule has 4 bridgehead atoms. The fourth-order valence-corrected chi connectivity index (χ4v) is 4.36. The summed E-state index contributed by atoms with van der Waals surface area (Å²) in [5, 5.41) is 0. The van der Waals surface area contributed by atoms with Gasteiger partial charge in [-0.1, -0.05) is 24.3 Å². The minimum absolute atomic E-state index is 0.0458. The molecule has 0 radical (unpaired) electrons. The average Bonchev–Trinajstić information content (AvgIpc) is 3.25. The summed E-state index contributed by atoms with van der Waals surface area (Å²) < 4.78 is 27.7. The number of hydrogen-bond acceptors (Lipinski definition) is 9. The van der Waals surface area contributed by atoms with E-state index in [0.717, 1.165) is 0 Å². The van der Waals surface area contributed by atoms with Gasteiger partial charge in [-0.25, -0.2) is 9.59 Å². The predicted octanol–water partition coefficient (Wildman–Crippen LogP) is 3.19. The van der Waals surface area contributed by atoms with Gasteiger partial charge in [-0.2, -0.15) is 0 Å². The summed E-state index contributed by atoms with van der Waals surface area (Å²) in [6.45, 7) is 13.9. The van der Waals surface area contributed by atoms with Crippen molar-refractivity contribution in [2.24, 2.45) is 5.92 Å². The molecule has 1 fully saturated rings. The molecule has 34 heavy (non-hydrogen) atoms. The van der Waals surface area contributed by atoms with Gasteiger partial charge in [0.25, 0.3) is 0 Å². The lowest BCUT2D eigenvalue weighted by Gasteiger charge is -2.26. The number of furan rings is 1. The second-order valence-corrected chi connectivity index (χ2v) is 8.55. The molecule has 1 saturated heterocycles. The molecule has 0 unspecified atom stereocenters. The summed E-state index contributed by atoms with van der Waals surface area (Å²) in [5.74, 6) is -3.29. The third-order valence-electron chi connectivity index (χ3n) is 5.86. The van der Waals surface area contributed by atoms with Crippen LogP contribution in [0, 0.1) is 5.92 Å². The molecule has 9 heteroatoms. The van der Waals surface area contributed by atoms with E-state index in [4.69, 9.17) is 23.4 Å². The molecular formula is C25H28O9. The second-order valence-electron chi connectivity index (χ2n) is 8.55. The Morgan fingerprint density at radius 2 is 1.68 bits per heavy atom. The van der Waals surface area contributed by atoms with Crippen LogP contribution in [-0.2, 0) is 39.8 Å². The maximum Gasteiger partial charge on any atom is 0.341 e. The Labute approximate surface area is 197 Å². The van der Waals surface area contributed by atoms with E-state index in [2.05, 4.69) is 13.2 Å². The van der Waals surface area contributed by atoms with Crippen LogP contribution in [0.5, 0.6) is 0 Å². The van der Waals surface area contributed by atoms with Crippen molar-refractivity contribution in [3.63, 3.8) is 0 Å². The van der Waals surface area contributed by atoms with Crippen LogP contribution >= 0.6 is 0 Å². The monoisotopic (exact) mass is 472 g/mol. The second kappa shape index (κ2) is 9.70. The molecule has 3 rings (SSSR count). The largest absolute Gasteiger partial charge is 0.465 e. The highest BCUT2D eigenvalue weighted by atomic mass is 16.6. The zero-order chi connectivity index (χ0) is 25.3. The van der Waals surface area contributed by atoms with Crippen molar-refractivity contribution in [2.45, 2.75) is 58.3 Å². The van der Waals surface area contributed by atoms with Crippen molar-refractivity contribution in [2.75, 3.05) is 7.11 Å². The highest BCUT2D eigenvalue weighted by Gasteiger charge is 2.49. The van der Waals surface area contributed by atoms with Crippen molar-refractivity contribution >= 4 is 23.9 Å². The number of fused-ring (bicyclic) bond motifs is 4. The van der Waals surface area contributed by atoms with Crippen LogP contribution in [-0.4, -0.2) is 49.3 Å². The van der Waals surface area contributed by atoms with Gasteiger partial charge >= 0.3 is 23.9 Å². The van der Waals surface area contributed by atoms with E-state index in [1.54, 1.807) is 13.8 Å². The Morgan fingerprint density at radius 1 is 1.03 bits per heavy atom. The molecule has 182 valence electrons. The SMILES string of the molecule is C=C(C)[C@H]1Cc2oc(cc2C(=O)OC)[C@H](C(=C)C)[C@@H]2OC(=O)/C(=C\[C@@H]1OC(C)=O)[C@H]2OC(C)=O. The van der Waals surface area contributed by atoms with E-state index in [0.29, 0.717) is 22.7 Å². The van der Waals surface area contributed by atoms with Crippen molar-refractivity contribution in [3.8, 4) is 0 Å². The summed E-state index contributed by atoms with van der Waals surface area (Å²) in [6, 6.07) is 1.51. The number of esters is 4. The Balaban J connectivity index is 2.32. The van der Waals surface area contributed by atoms with Crippen LogP contribution in [0.15, 0.2) is 46.4 Å². The molecule has 0 aromatic carbocycles. The summed E-state index contributed by atoms with van der Waals surface area (Å²) in [4.78, 5) is 49.4. The molecule has 0 amide bonds. The van der Waals surface area contributed by atoms with Gasteiger partial charge < -0.3 is 23.4 Å². The lowest BCUT2D eigenvalue weighted by molar-refractivity contribution is -0.151. The lowest BCUT2D eigenvalue weighted by atomic mass is 9.85. The number of ether oxygens (including phenoxy) is 4. The predicted molar refractivity (Wildman–Crippen MR) is 119 cm³/mol. The van der Waals surface area contributed by atoms with Gasteiger partial charge in [-0.3, -0.25) is 9.59 Å². The smallest absolute Gasteiger partial charge is 0.341 e. The lowest BCUT2D eigenvalue weighted by Crippen LogP contribution is -2.34. The number of carbonyl (C=O) groups excluding carboxylic acids is 4. The van der Waals surface area contributed by atoms with Gasteiger partial charge in [-0.15, -0.1) is 0 Å². The molecule has 0 spiro atoms. The van der Waals surface area contributed by atoms with Crippen LogP contribution in [0.4, 0.5) is 0 Å². The van der Waals surface area contributed by atoms with Crippen LogP contribution in [0.3, 0.4) is 0 Å². The third-order valence-corrected chi connectivity index (χ3v) is 5.86. The summed E-state index contributed by atoms with van der Waals surface area (Å²) in [5.41, 5.74) is 1.39. The van der Waals surface area contributed by atoms with Gasteiger partial charge in [0.2, 0.25) is 0 Å². The zero-order valence-corrected chi connectivity index (χ0v) is 19.8. The third kappa shape index (κ3) is 4.83. The zero-order valence-electron chi connectivity index (χ0n) is 19.8. The summed E-state index contributed by atoms with van der Waals surface area (Å²) in [7, 11) is 1.25. The summed E-state index contributed by atoms with van der Waals surface area (Å²) in [6.07, 6.45) is -1.55. The molecular weight excluding hydrogens is 444 g/mol. The van der Waals surface area contributed by atoms with Crippen LogP contribution in [0.2, 0.25) is 0 Å². The highest BCUT2D eigenvalue weighted by Crippen LogP contribution is 2.42. The Morgan fingerprint density at radius 3 is 2.21 bits per heavy atom. The molecule has 0 saturated carbocycles. The fraction of sp³-hybridized carbons (Fsp3) is 0.440. The average molecular weight is 472 g/mol. The fourth-order valence-electron chi connectivity index (χ4n) is 4.36. The van der Waals surface area contributed by atoms with E-state index in [1.807, 2.05) is 0 Å². The van der Waals surface area contributed by atoms with Crippen molar-refractivity contribution in [3.05, 3.63) is 59.1 Å². The standard InChI is InChI=1S/C25H28O9/c1-11(2)15-8-19-16(24(28)30-7)9-20(33-19)21(12(3)4)23-22(32-14(6)27)17(25(29)34-23)10-18(15)31-13(5)26/h9-10,15,18,21-23H,1,3,8H2,2,4-7H3/b17-10-/t15-,18+,21+,22-,23+/m1/s1. The van der Waals surface area contributed by atoms with E-state index in [-0.39, 0.29) is 17.6 Å². The molecule has 5 atom stereocenters. The van der Waals surface area contributed by atoms with Crippen molar-refractivity contribution in [1.82, 2.24) is 0 Å². The van der Waals surface area contributed by atoms with Gasteiger partial charge in [0.1, 0.15) is 23.2 Å². The van der Waals surface area contributed by atoms with E-state index >= 15 is 0 Å². The highest BCUT2D eigenvalue weighted by molar-refractivity contribution is 5.93. The number of rotatable bonds is 5. The van der Waals surface area contributed by atoms with Crippen LogP contribution in [0.25, 0.3) is 0 Å². The first-order valence-electron chi connectivity index (χ1n) is 10.7. The Hall–Kier alpha value is -3.62. The topological polar surface area (TPSA) is 118 Å². The van der Waals surface area contributed by atoms with Gasteiger partial charge in [0.05, 0.1) is 18.6 Å². The molecule has 9 nitrogen and oxygen atoms in total. The first-order chi connectivity index (χ1) is 15.9. The minimum atomic E-state index is -1.12. The van der Waals surface area contributed by atoms with Crippen LogP contribution in [0.1, 0.15) is 55.5 Å². The quantitative estimate of drug-likeness (QED) is 0.362. The van der Waals surface area contributed by atoms with E-state index in [9.17, 15) is 19.2 Å².